The van der Waals surface area contributed by atoms with E-state index in [1.54, 1.807) is 4.90 Å². The maximum atomic E-state index is 12.3. The molecule has 0 radical (unpaired) electrons. The van der Waals surface area contributed by atoms with Gasteiger partial charge in [-0.3, -0.25) is 4.99 Å². The first-order valence-corrected chi connectivity index (χ1v) is 9.98. The minimum absolute atomic E-state index is 0. The van der Waals surface area contributed by atoms with E-state index >= 15 is 0 Å². The first kappa shape index (κ1) is 21.7. The Balaban J connectivity index is 0.00000240. The Morgan fingerprint density at radius 1 is 1.31 bits per heavy atom. The van der Waals surface area contributed by atoms with Crippen molar-refractivity contribution in [2.45, 2.75) is 38.8 Å². The van der Waals surface area contributed by atoms with Crippen molar-refractivity contribution in [3.05, 3.63) is 36.0 Å². The number of fused-ring (bicyclic) bond motifs is 2. The van der Waals surface area contributed by atoms with Gasteiger partial charge < -0.3 is 24.8 Å². The lowest BCUT2D eigenvalue weighted by molar-refractivity contribution is 0.0137. The highest BCUT2D eigenvalue weighted by Crippen LogP contribution is 2.20. The Bertz CT molecular complexity index is 889. The average Bonchev–Trinajstić information content (AvgIpc) is 3.24. The summed E-state index contributed by atoms with van der Waals surface area (Å²) in [5, 5.41) is 4.77. The van der Waals surface area contributed by atoms with Crippen LogP contribution in [0.4, 0.5) is 4.79 Å². The number of carbonyl (C=O) groups is 1. The fraction of sp³-hybridized carbons (Fsp3) is 0.524. The average molecular weight is 511 g/mol. The second kappa shape index (κ2) is 8.81. The van der Waals surface area contributed by atoms with Crippen LogP contribution in [0.1, 0.15) is 26.3 Å². The lowest BCUT2D eigenvalue weighted by Gasteiger charge is -2.39. The van der Waals surface area contributed by atoms with Gasteiger partial charge in [0.1, 0.15) is 5.60 Å². The summed E-state index contributed by atoms with van der Waals surface area (Å²) in [5.41, 5.74) is 2.03. The molecule has 0 bridgehead atoms. The summed E-state index contributed by atoms with van der Waals surface area (Å²) in [6.45, 7) is 9.35. The third-order valence-electron chi connectivity index (χ3n) is 5.21. The number of aliphatic imine (C=N–C) groups is 1. The number of hydrogen-bond acceptors (Lipinski definition) is 5. The quantitative estimate of drug-likeness (QED) is 0.621. The zero-order chi connectivity index (χ0) is 19.7. The highest BCUT2D eigenvalue weighted by atomic mass is 127. The van der Waals surface area contributed by atoms with Crippen LogP contribution in [0.15, 0.2) is 35.5 Å². The number of para-hydroxylation sites is 1. The van der Waals surface area contributed by atoms with Crippen molar-refractivity contribution in [2.24, 2.45) is 4.99 Å². The molecule has 8 heteroatoms. The van der Waals surface area contributed by atoms with Crippen molar-refractivity contribution in [1.29, 1.82) is 0 Å². The lowest BCUT2D eigenvalue weighted by atomic mass is 10.1. The van der Waals surface area contributed by atoms with Gasteiger partial charge in [0.25, 0.3) is 0 Å². The molecule has 0 aliphatic carbocycles. The second-order valence-corrected chi connectivity index (χ2v) is 8.47. The van der Waals surface area contributed by atoms with Crippen LogP contribution in [-0.2, 0) is 11.2 Å². The lowest BCUT2D eigenvalue weighted by Crippen LogP contribution is -2.57. The summed E-state index contributed by atoms with van der Waals surface area (Å²) >= 11 is 0. The number of amides is 1. The molecule has 0 spiro atoms. The normalized spacial score (nSPS) is 18.9. The van der Waals surface area contributed by atoms with Crippen molar-refractivity contribution in [3.8, 4) is 0 Å². The van der Waals surface area contributed by atoms with Crippen LogP contribution < -0.4 is 5.32 Å². The van der Waals surface area contributed by atoms with Crippen LogP contribution >= 0.6 is 24.0 Å². The van der Waals surface area contributed by atoms with Crippen molar-refractivity contribution in [3.63, 3.8) is 0 Å². The van der Waals surface area contributed by atoms with Gasteiger partial charge in [-0.25, -0.2) is 4.79 Å². The van der Waals surface area contributed by atoms with E-state index in [4.69, 9.17) is 4.74 Å². The molecule has 2 aliphatic heterocycles. The van der Waals surface area contributed by atoms with E-state index in [9.17, 15) is 4.79 Å². The Morgan fingerprint density at radius 3 is 2.90 bits per heavy atom. The van der Waals surface area contributed by atoms with Crippen molar-refractivity contribution >= 4 is 46.9 Å². The van der Waals surface area contributed by atoms with E-state index in [0.717, 1.165) is 25.5 Å². The van der Waals surface area contributed by atoms with E-state index in [0.29, 0.717) is 19.6 Å². The Hall–Kier alpha value is -1.97. The minimum atomic E-state index is -0.463. The Labute approximate surface area is 188 Å². The molecule has 29 heavy (non-hydrogen) atoms. The molecule has 1 amide bonds. The molecule has 3 heterocycles. The molecular weight excluding hydrogens is 481 g/mol. The molecule has 2 aromatic rings. The predicted molar refractivity (Wildman–Crippen MR) is 126 cm³/mol. The van der Waals surface area contributed by atoms with Crippen LogP contribution in [0, 0.1) is 0 Å². The molecule has 158 valence electrons. The third-order valence-corrected chi connectivity index (χ3v) is 5.21. The van der Waals surface area contributed by atoms with Crippen LogP contribution in [0.3, 0.4) is 0 Å². The topological polar surface area (TPSA) is 73.0 Å². The highest BCUT2D eigenvalue weighted by Gasteiger charge is 2.36. The van der Waals surface area contributed by atoms with Crippen LogP contribution in [0.2, 0.25) is 0 Å². The third kappa shape index (κ3) is 4.96. The minimum Gasteiger partial charge on any atom is -0.444 e. The van der Waals surface area contributed by atoms with Gasteiger partial charge in [-0.2, -0.15) is 0 Å². The predicted octanol–water partition coefficient (Wildman–Crippen LogP) is 3.21. The number of piperazine rings is 1. The number of hydrogen-bond donors (Lipinski definition) is 2. The number of aromatic amines is 1. The van der Waals surface area contributed by atoms with Gasteiger partial charge in [0.05, 0.1) is 12.6 Å². The summed E-state index contributed by atoms with van der Waals surface area (Å²) in [5.74, 6) is 0.952. The molecule has 1 atom stereocenters. The molecular formula is C21H30IN5O2. The van der Waals surface area contributed by atoms with E-state index < -0.39 is 5.60 Å². The van der Waals surface area contributed by atoms with E-state index in [-0.39, 0.29) is 36.1 Å². The van der Waals surface area contributed by atoms with Gasteiger partial charge in [0.15, 0.2) is 5.96 Å². The molecule has 2 N–H and O–H groups in total. The fourth-order valence-electron chi connectivity index (χ4n) is 3.87. The molecule has 1 unspecified atom stereocenters. The van der Waals surface area contributed by atoms with Gasteiger partial charge in [-0.15, -0.1) is 24.0 Å². The summed E-state index contributed by atoms with van der Waals surface area (Å²) in [7, 11) is 0. The first-order valence-electron chi connectivity index (χ1n) is 9.98. The standard InChI is InChI=1S/C21H29N5O2.HI/c1-21(2,3)28-20(27)25-10-11-26-16(14-25)13-24-19(26)22-9-8-15-12-23-18-7-5-4-6-17(15)18;/h4-7,12,16,23H,8-11,13-14H2,1-3H3,(H,22,24);1H. The Morgan fingerprint density at radius 2 is 2.10 bits per heavy atom. The molecule has 0 saturated carbocycles. The van der Waals surface area contributed by atoms with E-state index in [1.165, 1.54) is 16.5 Å². The van der Waals surface area contributed by atoms with Gasteiger partial charge in [0, 0.05) is 43.3 Å². The number of halogens is 1. The highest BCUT2D eigenvalue weighted by molar-refractivity contribution is 14.0. The number of carbonyl (C=O) groups excluding carboxylic acids is 1. The Kier molecular flexibility index (Phi) is 6.60. The number of aromatic nitrogens is 1. The molecule has 2 aliphatic rings. The second-order valence-electron chi connectivity index (χ2n) is 8.47. The van der Waals surface area contributed by atoms with E-state index in [1.807, 2.05) is 26.8 Å². The molecule has 7 nitrogen and oxygen atoms in total. The summed E-state index contributed by atoms with van der Waals surface area (Å²) in [6, 6.07) is 8.60. The maximum Gasteiger partial charge on any atom is 0.410 e. The number of nitrogens with one attached hydrogen (secondary N) is 2. The van der Waals surface area contributed by atoms with Crippen molar-refractivity contribution < 1.29 is 9.53 Å². The fourth-order valence-corrected chi connectivity index (χ4v) is 3.87. The van der Waals surface area contributed by atoms with Crippen LogP contribution in [-0.4, -0.2) is 71.2 Å². The van der Waals surface area contributed by atoms with Gasteiger partial charge in [-0.1, -0.05) is 18.2 Å². The number of guanidine groups is 1. The molecule has 4 rings (SSSR count). The van der Waals surface area contributed by atoms with Crippen LogP contribution in [0.5, 0.6) is 0 Å². The maximum absolute atomic E-state index is 12.3. The monoisotopic (exact) mass is 511 g/mol. The summed E-state index contributed by atoms with van der Waals surface area (Å²) in [4.78, 5) is 24.4. The van der Waals surface area contributed by atoms with Gasteiger partial charge in [-0.05, 0) is 38.8 Å². The molecule has 1 aromatic heterocycles. The molecule has 1 aromatic carbocycles. The number of H-pyrrole nitrogens is 1. The number of benzene rings is 1. The van der Waals surface area contributed by atoms with Gasteiger partial charge >= 0.3 is 6.09 Å². The van der Waals surface area contributed by atoms with Crippen LogP contribution in [0.25, 0.3) is 10.9 Å². The number of ether oxygens (including phenoxy) is 1. The largest absolute Gasteiger partial charge is 0.444 e. The van der Waals surface area contributed by atoms with Crippen molar-refractivity contribution in [2.75, 3.05) is 32.7 Å². The smallest absolute Gasteiger partial charge is 0.410 e. The summed E-state index contributed by atoms with van der Waals surface area (Å²) < 4.78 is 5.51. The number of nitrogens with zero attached hydrogens (tertiary/aromatic N) is 3. The zero-order valence-electron chi connectivity index (χ0n) is 17.3. The molecule has 1 fully saturated rings. The molecule has 1 saturated heterocycles. The zero-order valence-corrected chi connectivity index (χ0v) is 19.6. The van der Waals surface area contributed by atoms with Crippen molar-refractivity contribution in [1.82, 2.24) is 20.1 Å². The summed E-state index contributed by atoms with van der Waals surface area (Å²) in [6.07, 6.45) is 2.80. The van der Waals surface area contributed by atoms with Gasteiger partial charge in [0.2, 0.25) is 0 Å². The SMILES string of the molecule is CC(C)(C)OC(=O)N1CCN2C(NCCc3c[nH]c4ccccc34)=NCC2C1.I. The number of rotatable bonds is 3. The van der Waals surface area contributed by atoms with E-state index in [2.05, 4.69) is 44.6 Å². The first-order chi connectivity index (χ1) is 13.4.